The van der Waals surface area contributed by atoms with Crippen LogP contribution in [0.3, 0.4) is 0 Å². The van der Waals surface area contributed by atoms with Gasteiger partial charge in [0, 0.05) is 14.2 Å². The molecule has 1 aromatic rings. The predicted octanol–water partition coefficient (Wildman–Crippen LogP) is 2.41. The van der Waals surface area contributed by atoms with E-state index in [1.165, 1.54) is 0 Å². The van der Waals surface area contributed by atoms with Gasteiger partial charge in [0.1, 0.15) is 16.0 Å². The van der Waals surface area contributed by atoms with Crippen LogP contribution in [0.15, 0.2) is 22.7 Å². The topological polar surface area (TPSA) is 36.9 Å². The fourth-order valence-corrected chi connectivity index (χ4v) is 1.45. The first-order valence-electron chi connectivity index (χ1n) is 4.31. The molecule has 15 heavy (non-hydrogen) atoms. The van der Waals surface area contributed by atoms with Crippen LogP contribution in [0.4, 0.5) is 0 Å². The molecule has 0 heterocycles. The summed E-state index contributed by atoms with van der Waals surface area (Å²) >= 11 is 3.38. The standard InChI is InChI=1S/C10H13BrO4/c1-12-6-14-8-4-3-5-9(10(8)11)15-7-13-2/h3-5H,6-7H2,1-2H3. The average Bonchev–Trinajstić information content (AvgIpc) is 2.26. The molecule has 0 bridgehead atoms. The number of benzene rings is 1. The molecule has 5 heteroatoms. The van der Waals surface area contributed by atoms with E-state index in [1.807, 2.05) is 18.2 Å². The van der Waals surface area contributed by atoms with Gasteiger partial charge in [-0.05, 0) is 28.1 Å². The summed E-state index contributed by atoms with van der Waals surface area (Å²) in [5.41, 5.74) is 0. The third kappa shape index (κ3) is 3.70. The van der Waals surface area contributed by atoms with Gasteiger partial charge in [-0.15, -0.1) is 0 Å². The molecule has 0 N–H and O–H groups in total. The number of hydrogen-bond donors (Lipinski definition) is 0. The first-order chi connectivity index (χ1) is 7.29. The molecule has 84 valence electrons. The lowest BCUT2D eigenvalue weighted by atomic mass is 10.3. The third-order valence-electron chi connectivity index (χ3n) is 1.59. The van der Waals surface area contributed by atoms with E-state index in [-0.39, 0.29) is 13.6 Å². The Balaban J connectivity index is 2.71. The minimum Gasteiger partial charge on any atom is -0.466 e. The number of ether oxygens (including phenoxy) is 4. The second kappa shape index (κ2) is 6.66. The molecule has 0 fully saturated rings. The second-order valence-corrected chi connectivity index (χ2v) is 3.46. The van der Waals surface area contributed by atoms with Crippen molar-refractivity contribution in [3.63, 3.8) is 0 Å². The van der Waals surface area contributed by atoms with E-state index < -0.39 is 0 Å². The summed E-state index contributed by atoms with van der Waals surface area (Å²) in [6.07, 6.45) is 0. The highest BCUT2D eigenvalue weighted by Crippen LogP contribution is 2.34. The fourth-order valence-electron chi connectivity index (χ4n) is 0.958. The molecule has 0 unspecified atom stereocenters. The van der Waals surface area contributed by atoms with Crippen LogP contribution in [0.1, 0.15) is 0 Å². The zero-order valence-electron chi connectivity index (χ0n) is 8.66. The van der Waals surface area contributed by atoms with Gasteiger partial charge < -0.3 is 18.9 Å². The summed E-state index contributed by atoms with van der Waals surface area (Å²) < 4.78 is 21.0. The maximum Gasteiger partial charge on any atom is 0.188 e. The predicted molar refractivity (Wildman–Crippen MR) is 59.2 cm³/mol. The summed E-state index contributed by atoms with van der Waals surface area (Å²) in [7, 11) is 3.14. The largest absolute Gasteiger partial charge is 0.466 e. The minimum absolute atomic E-state index is 0.201. The number of methoxy groups -OCH3 is 2. The van der Waals surface area contributed by atoms with Crippen molar-refractivity contribution in [1.29, 1.82) is 0 Å². The van der Waals surface area contributed by atoms with Crippen LogP contribution in [0, 0.1) is 0 Å². The van der Waals surface area contributed by atoms with Crippen molar-refractivity contribution in [2.24, 2.45) is 0 Å². The molecular formula is C10H13BrO4. The van der Waals surface area contributed by atoms with Crippen LogP contribution >= 0.6 is 15.9 Å². The molecule has 0 saturated heterocycles. The maximum atomic E-state index is 5.32. The Bertz CT molecular complexity index is 277. The summed E-state index contributed by atoms with van der Waals surface area (Å²) in [5, 5.41) is 0. The smallest absolute Gasteiger partial charge is 0.188 e. The normalized spacial score (nSPS) is 10.1. The van der Waals surface area contributed by atoms with Gasteiger partial charge in [0.25, 0.3) is 0 Å². The molecule has 0 aromatic heterocycles. The molecule has 1 aromatic carbocycles. The monoisotopic (exact) mass is 276 g/mol. The van der Waals surface area contributed by atoms with E-state index in [4.69, 9.17) is 18.9 Å². The van der Waals surface area contributed by atoms with Crippen molar-refractivity contribution in [2.45, 2.75) is 0 Å². The van der Waals surface area contributed by atoms with Gasteiger partial charge in [0.2, 0.25) is 0 Å². The average molecular weight is 277 g/mol. The van der Waals surface area contributed by atoms with Crippen LogP contribution < -0.4 is 9.47 Å². The minimum atomic E-state index is 0.201. The van der Waals surface area contributed by atoms with Crippen LogP contribution in [0.2, 0.25) is 0 Å². The van der Waals surface area contributed by atoms with Crippen molar-refractivity contribution < 1.29 is 18.9 Å². The number of rotatable bonds is 6. The van der Waals surface area contributed by atoms with Crippen molar-refractivity contribution in [3.8, 4) is 11.5 Å². The van der Waals surface area contributed by atoms with E-state index in [9.17, 15) is 0 Å². The van der Waals surface area contributed by atoms with Gasteiger partial charge in [-0.25, -0.2) is 0 Å². The molecule has 0 aliphatic rings. The van der Waals surface area contributed by atoms with Gasteiger partial charge in [0.15, 0.2) is 13.6 Å². The quantitative estimate of drug-likeness (QED) is 0.748. The molecule has 0 spiro atoms. The van der Waals surface area contributed by atoms with Crippen molar-refractivity contribution >= 4 is 15.9 Å². The van der Waals surface area contributed by atoms with Gasteiger partial charge >= 0.3 is 0 Å². The Morgan fingerprint density at radius 2 is 1.47 bits per heavy atom. The maximum absolute atomic E-state index is 5.32. The molecule has 0 atom stereocenters. The number of hydrogen-bond acceptors (Lipinski definition) is 4. The highest BCUT2D eigenvalue weighted by Gasteiger charge is 2.07. The van der Waals surface area contributed by atoms with Crippen LogP contribution in [-0.4, -0.2) is 27.8 Å². The van der Waals surface area contributed by atoms with Crippen molar-refractivity contribution in [1.82, 2.24) is 0 Å². The van der Waals surface area contributed by atoms with E-state index >= 15 is 0 Å². The molecule has 0 aliphatic heterocycles. The zero-order chi connectivity index (χ0) is 11.1. The van der Waals surface area contributed by atoms with E-state index in [0.29, 0.717) is 11.5 Å². The Hall–Kier alpha value is -0.780. The van der Waals surface area contributed by atoms with E-state index in [1.54, 1.807) is 14.2 Å². The Morgan fingerprint density at radius 3 is 1.87 bits per heavy atom. The summed E-state index contributed by atoms with van der Waals surface area (Å²) in [5.74, 6) is 1.34. The summed E-state index contributed by atoms with van der Waals surface area (Å²) in [4.78, 5) is 0. The molecular weight excluding hydrogens is 264 g/mol. The SMILES string of the molecule is COCOc1cccc(OCOC)c1Br. The molecule has 0 radical (unpaired) electrons. The molecule has 0 saturated carbocycles. The highest BCUT2D eigenvalue weighted by atomic mass is 79.9. The summed E-state index contributed by atoms with van der Waals surface area (Å²) in [6.45, 7) is 0.401. The lowest BCUT2D eigenvalue weighted by Crippen LogP contribution is -2.02. The van der Waals surface area contributed by atoms with Crippen LogP contribution in [-0.2, 0) is 9.47 Å². The third-order valence-corrected chi connectivity index (χ3v) is 2.37. The zero-order valence-corrected chi connectivity index (χ0v) is 10.2. The Labute approximate surface area is 97.2 Å². The van der Waals surface area contributed by atoms with Gasteiger partial charge in [-0.1, -0.05) is 6.07 Å². The Kier molecular flexibility index (Phi) is 5.45. The van der Waals surface area contributed by atoms with Crippen LogP contribution in [0.5, 0.6) is 11.5 Å². The molecule has 0 amide bonds. The molecule has 0 aliphatic carbocycles. The molecule has 4 nitrogen and oxygen atoms in total. The second-order valence-electron chi connectivity index (χ2n) is 2.67. The first kappa shape index (κ1) is 12.3. The highest BCUT2D eigenvalue weighted by molar-refractivity contribution is 9.10. The van der Waals surface area contributed by atoms with Crippen molar-refractivity contribution in [3.05, 3.63) is 22.7 Å². The first-order valence-corrected chi connectivity index (χ1v) is 5.11. The van der Waals surface area contributed by atoms with Gasteiger partial charge in [0.05, 0.1) is 0 Å². The fraction of sp³-hybridized carbons (Fsp3) is 0.400. The van der Waals surface area contributed by atoms with E-state index in [2.05, 4.69) is 15.9 Å². The van der Waals surface area contributed by atoms with Crippen molar-refractivity contribution in [2.75, 3.05) is 27.8 Å². The van der Waals surface area contributed by atoms with E-state index in [0.717, 1.165) is 4.47 Å². The Morgan fingerprint density at radius 1 is 1.00 bits per heavy atom. The molecule has 1 rings (SSSR count). The lowest BCUT2D eigenvalue weighted by Gasteiger charge is -2.11. The van der Waals surface area contributed by atoms with Gasteiger partial charge in [-0.3, -0.25) is 0 Å². The van der Waals surface area contributed by atoms with Gasteiger partial charge in [-0.2, -0.15) is 0 Å². The summed E-state index contributed by atoms with van der Waals surface area (Å²) in [6, 6.07) is 5.48. The number of halogens is 1. The lowest BCUT2D eigenvalue weighted by molar-refractivity contribution is 0.0450. The van der Waals surface area contributed by atoms with Crippen LogP contribution in [0.25, 0.3) is 0 Å².